The van der Waals surface area contributed by atoms with Gasteiger partial charge in [-0.25, -0.2) is 4.39 Å². The number of carboxylic acids is 1. The van der Waals surface area contributed by atoms with Gasteiger partial charge in [0.1, 0.15) is 17.3 Å². The minimum Gasteiger partial charge on any atom is -0.507 e. The summed E-state index contributed by atoms with van der Waals surface area (Å²) < 4.78 is 19.4. The molecule has 0 aliphatic carbocycles. The second kappa shape index (κ2) is 10.1. The van der Waals surface area contributed by atoms with Gasteiger partial charge in [0.15, 0.2) is 0 Å². The van der Waals surface area contributed by atoms with Crippen LogP contribution in [0, 0.1) is 5.82 Å². The number of aliphatic carboxylic acids is 1. The van der Waals surface area contributed by atoms with Crippen LogP contribution in [0.3, 0.4) is 0 Å². The standard InChI is InChI=1S/C30H28FNO6/c1-30(2,3)19-9-7-18(8-10-19)26-25(27(35)22-16-20(31)11-14-23(22)38-4)28(36)29(37)32(26)21-12-5-17(6-13-21)15-24(33)34/h5-14,16,26,35H,15H2,1-4H3,(H,33,34)/b27-25+. The summed E-state index contributed by atoms with van der Waals surface area (Å²) in [5.74, 6) is -3.89. The molecule has 1 aliphatic heterocycles. The van der Waals surface area contributed by atoms with E-state index in [1.165, 1.54) is 18.1 Å². The number of hydrogen-bond donors (Lipinski definition) is 2. The second-order valence-electron chi connectivity index (χ2n) is 10.1. The van der Waals surface area contributed by atoms with Crippen LogP contribution in [0.2, 0.25) is 0 Å². The third kappa shape index (κ3) is 5.02. The predicted octanol–water partition coefficient (Wildman–Crippen LogP) is 5.39. The Kier molecular flexibility index (Phi) is 7.09. The van der Waals surface area contributed by atoms with Crippen LogP contribution in [0.15, 0.2) is 72.3 Å². The van der Waals surface area contributed by atoms with E-state index >= 15 is 0 Å². The number of rotatable bonds is 6. The van der Waals surface area contributed by atoms with Crippen molar-refractivity contribution < 1.29 is 33.7 Å². The molecule has 1 aliphatic rings. The number of benzene rings is 3. The fourth-order valence-corrected chi connectivity index (χ4v) is 4.54. The molecular weight excluding hydrogens is 489 g/mol. The molecule has 7 nitrogen and oxygen atoms in total. The molecule has 1 amide bonds. The molecule has 0 bridgehead atoms. The summed E-state index contributed by atoms with van der Waals surface area (Å²) in [4.78, 5) is 39.1. The molecule has 0 saturated carbocycles. The number of anilines is 1. The van der Waals surface area contributed by atoms with Crippen LogP contribution in [-0.2, 0) is 26.2 Å². The average molecular weight is 518 g/mol. The molecule has 1 saturated heterocycles. The molecule has 1 heterocycles. The highest BCUT2D eigenvalue weighted by Crippen LogP contribution is 2.43. The summed E-state index contributed by atoms with van der Waals surface area (Å²) in [7, 11) is 1.35. The van der Waals surface area contributed by atoms with Crippen molar-refractivity contribution in [1.29, 1.82) is 0 Å². The first kappa shape index (κ1) is 26.6. The van der Waals surface area contributed by atoms with Gasteiger partial charge in [0.25, 0.3) is 11.7 Å². The quantitative estimate of drug-likeness (QED) is 0.258. The Morgan fingerprint density at radius 1 is 0.974 bits per heavy atom. The number of carbonyl (C=O) groups is 3. The number of ketones is 1. The first-order valence-electron chi connectivity index (χ1n) is 12.0. The molecule has 4 rings (SSSR count). The second-order valence-corrected chi connectivity index (χ2v) is 10.1. The predicted molar refractivity (Wildman–Crippen MR) is 141 cm³/mol. The molecule has 8 heteroatoms. The van der Waals surface area contributed by atoms with Crippen molar-refractivity contribution in [3.8, 4) is 5.75 Å². The summed E-state index contributed by atoms with van der Waals surface area (Å²) in [6.45, 7) is 6.18. The zero-order valence-corrected chi connectivity index (χ0v) is 21.5. The van der Waals surface area contributed by atoms with Crippen LogP contribution in [0.5, 0.6) is 5.75 Å². The van der Waals surface area contributed by atoms with Crippen LogP contribution in [0.4, 0.5) is 10.1 Å². The van der Waals surface area contributed by atoms with E-state index in [1.54, 1.807) is 36.4 Å². The molecule has 0 radical (unpaired) electrons. The summed E-state index contributed by atoms with van der Waals surface area (Å²) in [5.41, 5.74) is 2.04. The summed E-state index contributed by atoms with van der Waals surface area (Å²) in [5, 5.41) is 20.4. The SMILES string of the molecule is COc1ccc(F)cc1/C(O)=C1\C(=O)C(=O)N(c2ccc(CC(=O)O)cc2)C1c1ccc(C(C)(C)C)cc1. The highest BCUT2D eigenvalue weighted by molar-refractivity contribution is 6.51. The van der Waals surface area contributed by atoms with Crippen molar-refractivity contribution in [3.05, 3.63) is 100 Å². The highest BCUT2D eigenvalue weighted by atomic mass is 19.1. The number of methoxy groups -OCH3 is 1. The molecule has 1 unspecified atom stereocenters. The van der Waals surface area contributed by atoms with Gasteiger partial charge in [-0.15, -0.1) is 0 Å². The Morgan fingerprint density at radius 3 is 2.16 bits per heavy atom. The number of ether oxygens (including phenoxy) is 1. The number of carbonyl (C=O) groups excluding carboxylic acids is 2. The van der Waals surface area contributed by atoms with Gasteiger partial charge in [0.05, 0.1) is 30.7 Å². The van der Waals surface area contributed by atoms with E-state index in [2.05, 4.69) is 20.8 Å². The smallest absolute Gasteiger partial charge is 0.307 e. The van der Waals surface area contributed by atoms with Gasteiger partial charge in [-0.1, -0.05) is 57.2 Å². The van der Waals surface area contributed by atoms with E-state index in [0.717, 1.165) is 17.7 Å². The zero-order chi connectivity index (χ0) is 27.8. The Labute approximate surface area is 219 Å². The van der Waals surface area contributed by atoms with Crippen LogP contribution in [0.25, 0.3) is 5.76 Å². The van der Waals surface area contributed by atoms with Gasteiger partial charge in [0.2, 0.25) is 0 Å². The zero-order valence-electron chi connectivity index (χ0n) is 21.5. The van der Waals surface area contributed by atoms with Crippen molar-refractivity contribution >= 4 is 29.1 Å². The van der Waals surface area contributed by atoms with Gasteiger partial charge < -0.3 is 14.9 Å². The summed E-state index contributed by atoms with van der Waals surface area (Å²) in [6, 6.07) is 16.1. The number of aliphatic hydroxyl groups excluding tert-OH is 1. The van der Waals surface area contributed by atoms with Crippen LogP contribution in [-0.4, -0.2) is 35.0 Å². The maximum atomic E-state index is 14.2. The van der Waals surface area contributed by atoms with E-state index in [9.17, 15) is 23.9 Å². The lowest BCUT2D eigenvalue weighted by atomic mass is 9.85. The van der Waals surface area contributed by atoms with E-state index in [-0.39, 0.29) is 28.7 Å². The lowest BCUT2D eigenvalue weighted by Crippen LogP contribution is -2.29. The van der Waals surface area contributed by atoms with E-state index in [1.807, 2.05) is 12.1 Å². The van der Waals surface area contributed by atoms with Crippen molar-refractivity contribution in [2.75, 3.05) is 12.0 Å². The molecule has 38 heavy (non-hydrogen) atoms. The van der Waals surface area contributed by atoms with Crippen LogP contribution in [0.1, 0.15) is 49.1 Å². The number of hydrogen-bond acceptors (Lipinski definition) is 5. The molecule has 3 aromatic rings. The number of nitrogens with zero attached hydrogens (tertiary/aromatic N) is 1. The lowest BCUT2D eigenvalue weighted by Gasteiger charge is -2.27. The van der Waals surface area contributed by atoms with Gasteiger partial charge in [-0.05, 0) is 52.4 Å². The third-order valence-corrected chi connectivity index (χ3v) is 6.52. The lowest BCUT2D eigenvalue weighted by molar-refractivity contribution is -0.136. The van der Waals surface area contributed by atoms with Gasteiger partial charge >= 0.3 is 5.97 Å². The van der Waals surface area contributed by atoms with Crippen LogP contribution >= 0.6 is 0 Å². The Balaban J connectivity index is 1.92. The van der Waals surface area contributed by atoms with Gasteiger partial charge in [-0.2, -0.15) is 0 Å². The first-order chi connectivity index (χ1) is 17.9. The Morgan fingerprint density at radius 2 is 1.61 bits per heavy atom. The normalized spacial score (nSPS) is 17.1. The number of amides is 1. The molecule has 1 atom stereocenters. The van der Waals surface area contributed by atoms with Crippen molar-refractivity contribution in [3.63, 3.8) is 0 Å². The van der Waals surface area contributed by atoms with Crippen molar-refractivity contribution in [2.24, 2.45) is 0 Å². The number of Topliss-reactive ketones (excluding diaryl/α,β-unsaturated/α-hetero) is 1. The van der Waals surface area contributed by atoms with E-state index in [4.69, 9.17) is 9.84 Å². The fourth-order valence-electron chi connectivity index (χ4n) is 4.54. The van der Waals surface area contributed by atoms with Gasteiger partial charge in [0, 0.05) is 5.69 Å². The number of halogens is 1. The average Bonchev–Trinajstić information content (AvgIpc) is 3.13. The van der Waals surface area contributed by atoms with E-state index in [0.29, 0.717) is 16.8 Å². The Bertz CT molecular complexity index is 1440. The van der Waals surface area contributed by atoms with Crippen LogP contribution < -0.4 is 9.64 Å². The molecule has 196 valence electrons. The molecule has 2 N–H and O–H groups in total. The molecule has 1 fully saturated rings. The maximum absolute atomic E-state index is 14.2. The summed E-state index contributed by atoms with van der Waals surface area (Å²) >= 11 is 0. The van der Waals surface area contributed by atoms with Gasteiger partial charge in [-0.3, -0.25) is 19.3 Å². The van der Waals surface area contributed by atoms with Crippen molar-refractivity contribution in [1.82, 2.24) is 0 Å². The third-order valence-electron chi connectivity index (χ3n) is 6.52. The maximum Gasteiger partial charge on any atom is 0.307 e. The molecule has 0 aromatic heterocycles. The van der Waals surface area contributed by atoms with Crippen molar-refractivity contribution in [2.45, 2.75) is 38.6 Å². The Hall–Kier alpha value is -4.46. The summed E-state index contributed by atoms with van der Waals surface area (Å²) in [6.07, 6.45) is -0.198. The topological polar surface area (TPSA) is 104 Å². The largest absolute Gasteiger partial charge is 0.507 e. The monoisotopic (exact) mass is 517 g/mol. The minimum atomic E-state index is -1.03. The first-order valence-corrected chi connectivity index (χ1v) is 12.0. The number of aliphatic hydroxyl groups is 1. The fraction of sp³-hybridized carbons (Fsp3) is 0.233. The minimum absolute atomic E-state index is 0.0568. The molecular formula is C30H28FNO6. The highest BCUT2D eigenvalue weighted by Gasteiger charge is 2.47. The number of carboxylic acid groups (broad SMARTS) is 1. The molecule has 0 spiro atoms. The van der Waals surface area contributed by atoms with E-state index < -0.39 is 35.3 Å². The molecule has 3 aromatic carbocycles.